The third kappa shape index (κ3) is 3.40. The molecule has 2 aromatic heterocycles. The van der Waals surface area contributed by atoms with Crippen LogP contribution in [0.1, 0.15) is 11.1 Å². The predicted octanol–water partition coefficient (Wildman–Crippen LogP) is 4.67. The molecule has 0 atom stereocenters. The van der Waals surface area contributed by atoms with Crippen molar-refractivity contribution in [1.29, 1.82) is 0 Å². The van der Waals surface area contributed by atoms with E-state index in [-0.39, 0.29) is 5.75 Å². The number of hydrogen-bond acceptors (Lipinski definition) is 5. The molecule has 2 heterocycles. The Hall–Kier alpha value is -3.82. The van der Waals surface area contributed by atoms with Gasteiger partial charge in [-0.25, -0.2) is 9.78 Å². The van der Waals surface area contributed by atoms with Crippen LogP contribution in [0.4, 0.5) is 18.0 Å². The minimum absolute atomic E-state index is 0.182. The van der Waals surface area contributed by atoms with Crippen molar-refractivity contribution in [2.45, 2.75) is 13.1 Å². The first-order valence-electron chi connectivity index (χ1n) is 8.34. The Kier molecular flexibility index (Phi) is 4.26. The van der Waals surface area contributed by atoms with Crippen LogP contribution >= 0.6 is 0 Å². The Morgan fingerprint density at radius 3 is 2.55 bits per heavy atom. The first-order chi connectivity index (χ1) is 13.7. The number of nitrogens with one attached hydrogen (secondary N) is 1. The number of ether oxygens (including phenoxy) is 1. The average Bonchev–Trinajstić information content (AvgIpc) is 3.24. The summed E-state index contributed by atoms with van der Waals surface area (Å²) >= 11 is 0. The highest BCUT2D eigenvalue weighted by atomic mass is 19.4. The van der Waals surface area contributed by atoms with Crippen LogP contribution in [0.3, 0.4) is 0 Å². The number of nitrogens with zero attached hydrogens (tertiary/aromatic N) is 2. The molecule has 148 valence electrons. The van der Waals surface area contributed by atoms with Crippen LogP contribution in [0.2, 0.25) is 0 Å². The number of imidazole rings is 1. The van der Waals surface area contributed by atoms with Crippen LogP contribution < -0.4 is 10.5 Å². The highest BCUT2D eigenvalue weighted by Gasteiger charge is 2.30. The normalized spacial score (nSPS) is 11.7. The molecule has 29 heavy (non-hydrogen) atoms. The van der Waals surface area contributed by atoms with Gasteiger partial charge in [0.15, 0.2) is 23.0 Å². The van der Waals surface area contributed by atoms with Crippen LogP contribution in [0.5, 0.6) is 5.75 Å². The summed E-state index contributed by atoms with van der Waals surface area (Å²) in [5, 5.41) is 4.00. The van der Waals surface area contributed by atoms with Crippen LogP contribution in [-0.2, 0) is 6.18 Å². The molecular formula is C19H13F3N4O3. The number of H-pyrrole nitrogens is 1. The van der Waals surface area contributed by atoms with Crippen molar-refractivity contribution in [3.8, 4) is 28.6 Å². The fraction of sp³-hybridized carbons (Fsp3) is 0.105. The van der Waals surface area contributed by atoms with Gasteiger partial charge in [-0.1, -0.05) is 23.4 Å². The molecule has 0 unspecified atom stereocenters. The number of carbonyl (C=O) groups is 1. The lowest BCUT2D eigenvalue weighted by molar-refractivity contribution is -0.137. The number of halogens is 3. The summed E-state index contributed by atoms with van der Waals surface area (Å²) in [5.74, 6) is 0.851. The molecule has 10 heteroatoms. The third-order valence-corrected chi connectivity index (χ3v) is 4.31. The van der Waals surface area contributed by atoms with Gasteiger partial charge in [0.2, 0.25) is 0 Å². The summed E-state index contributed by atoms with van der Waals surface area (Å²) in [4.78, 5) is 18.5. The number of amides is 1. The SMILES string of the molecule is Cc1c(-c2nc3c(OC(N)=O)cccc3[nH]2)noc1-c1ccc(C(F)(F)F)cc1. The third-order valence-electron chi connectivity index (χ3n) is 4.31. The van der Waals surface area contributed by atoms with Crippen LogP contribution in [-0.4, -0.2) is 21.2 Å². The molecule has 0 bridgehead atoms. The number of benzene rings is 2. The summed E-state index contributed by atoms with van der Waals surface area (Å²) < 4.78 is 48.6. The lowest BCUT2D eigenvalue weighted by atomic mass is 10.1. The molecule has 0 spiro atoms. The zero-order chi connectivity index (χ0) is 20.8. The number of para-hydroxylation sites is 1. The zero-order valence-electron chi connectivity index (χ0n) is 14.9. The number of rotatable bonds is 3. The smallest absolute Gasteiger partial charge is 0.408 e. The molecule has 4 rings (SSSR count). The van der Waals surface area contributed by atoms with E-state index in [0.717, 1.165) is 12.1 Å². The van der Waals surface area contributed by atoms with Crippen molar-refractivity contribution < 1.29 is 27.2 Å². The number of primary amides is 1. The Balaban J connectivity index is 1.73. The second-order valence-corrected chi connectivity index (χ2v) is 6.22. The van der Waals surface area contributed by atoms with E-state index in [9.17, 15) is 18.0 Å². The summed E-state index contributed by atoms with van der Waals surface area (Å²) in [6.07, 6.45) is -5.39. The fourth-order valence-corrected chi connectivity index (χ4v) is 2.95. The van der Waals surface area contributed by atoms with Crippen LogP contribution in [0, 0.1) is 6.92 Å². The molecular weight excluding hydrogens is 389 g/mol. The summed E-state index contributed by atoms with van der Waals surface area (Å²) in [6.45, 7) is 1.72. The van der Waals surface area contributed by atoms with Crippen molar-refractivity contribution in [3.05, 3.63) is 53.6 Å². The number of alkyl halides is 3. The molecule has 0 saturated heterocycles. The van der Waals surface area contributed by atoms with Crippen molar-refractivity contribution in [2.24, 2.45) is 5.73 Å². The molecule has 0 fully saturated rings. The van der Waals surface area contributed by atoms with E-state index in [1.807, 2.05) is 0 Å². The van der Waals surface area contributed by atoms with Gasteiger partial charge in [0.05, 0.1) is 11.1 Å². The van der Waals surface area contributed by atoms with Gasteiger partial charge >= 0.3 is 12.3 Å². The van der Waals surface area contributed by atoms with Crippen molar-refractivity contribution in [2.75, 3.05) is 0 Å². The number of fused-ring (bicyclic) bond motifs is 1. The van der Waals surface area contributed by atoms with E-state index in [4.69, 9.17) is 15.0 Å². The number of nitrogens with two attached hydrogens (primary N) is 1. The quantitative estimate of drug-likeness (QED) is 0.518. The Bertz CT molecular complexity index is 1210. The average molecular weight is 402 g/mol. The van der Waals surface area contributed by atoms with E-state index in [2.05, 4.69) is 15.1 Å². The van der Waals surface area contributed by atoms with Crippen molar-refractivity contribution >= 4 is 17.1 Å². The molecule has 0 radical (unpaired) electrons. The summed E-state index contributed by atoms with van der Waals surface area (Å²) in [5.41, 5.74) is 6.68. The standard InChI is InChI=1S/C19H13F3N4O3/c1-9-14(17-24-12-3-2-4-13(15(12)25-17)28-18(23)27)26-29-16(9)10-5-7-11(8-6-10)19(20,21)22/h2-8H,1H3,(H2,23,27)(H,24,25). The van der Waals surface area contributed by atoms with E-state index in [1.165, 1.54) is 12.1 Å². The van der Waals surface area contributed by atoms with Gasteiger partial charge in [0, 0.05) is 11.1 Å². The number of hydrogen-bond donors (Lipinski definition) is 2. The van der Waals surface area contributed by atoms with Crippen molar-refractivity contribution in [3.63, 3.8) is 0 Å². The zero-order valence-corrected chi connectivity index (χ0v) is 14.9. The number of aromatic nitrogens is 3. The summed E-state index contributed by atoms with van der Waals surface area (Å²) in [6, 6.07) is 9.52. The molecule has 7 nitrogen and oxygen atoms in total. The molecule has 3 N–H and O–H groups in total. The molecule has 1 amide bonds. The minimum atomic E-state index is -4.42. The molecule has 0 saturated carbocycles. The second-order valence-electron chi connectivity index (χ2n) is 6.22. The van der Waals surface area contributed by atoms with E-state index in [1.54, 1.807) is 25.1 Å². The van der Waals surface area contributed by atoms with Gasteiger partial charge in [-0.05, 0) is 31.2 Å². The highest BCUT2D eigenvalue weighted by molar-refractivity contribution is 5.87. The van der Waals surface area contributed by atoms with E-state index >= 15 is 0 Å². The van der Waals surface area contributed by atoms with Gasteiger partial charge in [-0.15, -0.1) is 0 Å². The van der Waals surface area contributed by atoms with Gasteiger partial charge in [0.25, 0.3) is 0 Å². The Morgan fingerprint density at radius 2 is 1.90 bits per heavy atom. The monoisotopic (exact) mass is 402 g/mol. The fourth-order valence-electron chi connectivity index (χ4n) is 2.95. The van der Waals surface area contributed by atoms with Gasteiger partial charge in [-0.3, -0.25) is 0 Å². The van der Waals surface area contributed by atoms with Gasteiger partial charge < -0.3 is 20.0 Å². The molecule has 0 aliphatic carbocycles. The molecule has 0 aliphatic heterocycles. The first-order valence-corrected chi connectivity index (χ1v) is 8.34. The largest absolute Gasteiger partial charge is 0.416 e. The number of carbonyl (C=O) groups excluding carboxylic acids is 1. The molecule has 2 aromatic carbocycles. The first kappa shape index (κ1) is 18.5. The molecule has 4 aromatic rings. The van der Waals surface area contributed by atoms with Gasteiger partial charge in [0.1, 0.15) is 5.52 Å². The lowest BCUT2D eigenvalue weighted by Crippen LogP contribution is -2.16. The van der Waals surface area contributed by atoms with E-state index < -0.39 is 17.8 Å². The summed E-state index contributed by atoms with van der Waals surface area (Å²) in [7, 11) is 0. The minimum Gasteiger partial charge on any atom is -0.408 e. The maximum Gasteiger partial charge on any atom is 0.416 e. The van der Waals surface area contributed by atoms with E-state index in [0.29, 0.717) is 39.4 Å². The van der Waals surface area contributed by atoms with Crippen LogP contribution in [0.15, 0.2) is 47.0 Å². The maximum absolute atomic E-state index is 12.8. The molecule has 0 aliphatic rings. The number of aromatic amines is 1. The Labute approximate surface area is 161 Å². The Morgan fingerprint density at radius 1 is 1.17 bits per heavy atom. The van der Waals surface area contributed by atoms with Gasteiger partial charge in [-0.2, -0.15) is 13.2 Å². The van der Waals surface area contributed by atoms with Crippen molar-refractivity contribution in [1.82, 2.24) is 15.1 Å². The maximum atomic E-state index is 12.8. The second kappa shape index (κ2) is 6.66. The highest BCUT2D eigenvalue weighted by Crippen LogP contribution is 2.35. The lowest BCUT2D eigenvalue weighted by Gasteiger charge is -2.06. The van der Waals surface area contributed by atoms with Crippen LogP contribution in [0.25, 0.3) is 33.9 Å². The predicted molar refractivity (Wildman–Crippen MR) is 97.0 cm³/mol. The topological polar surface area (TPSA) is 107 Å².